The van der Waals surface area contributed by atoms with Crippen LogP contribution in [0.5, 0.6) is 0 Å². The maximum atomic E-state index is 10.8. The number of aryl methyl sites for hydroxylation is 2. The minimum Gasteiger partial charge on any atom is -0.276 e. The maximum Gasteiger partial charge on any atom is 0.252 e. The molecule has 0 amide bonds. The molecule has 0 radical (unpaired) electrons. The maximum absolute atomic E-state index is 10.8. The first-order valence-corrected chi connectivity index (χ1v) is 11.3. The van der Waals surface area contributed by atoms with Gasteiger partial charge in [-0.05, 0) is 84.3 Å². The summed E-state index contributed by atoms with van der Waals surface area (Å²) in [6, 6.07) is 15.1. The molecule has 0 aromatic heterocycles. The fourth-order valence-corrected chi connectivity index (χ4v) is 3.19. The number of hydrogen-bond acceptors (Lipinski definition) is 2. The van der Waals surface area contributed by atoms with E-state index in [2.05, 4.69) is 13.8 Å². The van der Waals surface area contributed by atoms with Gasteiger partial charge >= 0.3 is 0 Å². The molecule has 0 saturated heterocycles. The lowest BCUT2D eigenvalue weighted by molar-refractivity contribution is 0.107. The van der Waals surface area contributed by atoms with E-state index in [1.807, 2.05) is 24.3 Å². The van der Waals surface area contributed by atoms with E-state index in [1.54, 1.807) is 24.3 Å². The zero-order chi connectivity index (χ0) is 21.5. The molecule has 2 rings (SSSR count). The van der Waals surface area contributed by atoms with Crippen LogP contribution in [0.4, 0.5) is 0 Å². The molecule has 0 aliphatic rings. The summed E-state index contributed by atoms with van der Waals surface area (Å²) in [6.07, 6.45) is 11.0. The summed E-state index contributed by atoms with van der Waals surface area (Å²) in [5, 5.41) is -0.766. The molecule has 29 heavy (non-hydrogen) atoms. The van der Waals surface area contributed by atoms with Gasteiger partial charge in [0.2, 0.25) is 0 Å². The van der Waals surface area contributed by atoms with E-state index in [1.165, 1.54) is 56.1 Å². The third kappa shape index (κ3) is 11.2. The van der Waals surface area contributed by atoms with Gasteiger partial charge < -0.3 is 0 Å². The molecule has 0 aliphatic heterocycles. The van der Waals surface area contributed by atoms with E-state index in [0.717, 1.165) is 12.8 Å². The summed E-state index contributed by atoms with van der Waals surface area (Å²) >= 11 is 10.7. The zero-order valence-corrected chi connectivity index (χ0v) is 19.1. The highest BCUT2D eigenvalue weighted by atomic mass is 35.5. The minimum absolute atomic E-state index is 0.382. The predicted octanol–water partition coefficient (Wildman–Crippen LogP) is 7.99. The summed E-state index contributed by atoms with van der Waals surface area (Å²) in [6.45, 7) is 4.40. The molecule has 4 heteroatoms. The molecule has 0 unspecified atom stereocenters. The molecule has 0 aliphatic carbocycles. The van der Waals surface area contributed by atoms with Crippen molar-refractivity contribution in [1.82, 2.24) is 0 Å². The number of rotatable bonds is 11. The number of carbonyl (C=O) groups is 2. The van der Waals surface area contributed by atoms with Crippen LogP contribution in [0.15, 0.2) is 48.5 Å². The van der Waals surface area contributed by atoms with Crippen molar-refractivity contribution in [2.24, 2.45) is 0 Å². The Labute approximate surface area is 185 Å². The van der Waals surface area contributed by atoms with Crippen molar-refractivity contribution < 1.29 is 9.59 Å². The van der Waals surface area contributed by atoms with Crippen molar-refractivity contribution >= 4 is 33.7 Å². The van der Waals surface area contributed by atoms with Crippen molar-refractivity contribution in [2.45, 2.75) is 71.6 Å². The highest BCUT2D eigenvalue weighted by Gasteiger charge is 2.01. The van der Waals surface area contributed by atoms with Gasteiger partial charge in [0.15, 0.2) is 0 Å². The topological polar surface area (TPSA) is 34.1 Å². The van der Waals surface area contributed by atoms with Crippen LogP contribution in [-0.4, -0.2) is 10.5 Å². The highest BCUT2D eigenvalue weighted by Crippen LogP contribution is 2.11. The first-order valence-electron chi connectivity index (χ1n) is 10.6. The summed E-state index contributed by atoms with van der Waals surface area (Å²) in [5.74, 6) is 0. The van der Waals surface area contributed by atoms with Gasteiger partial charge in [-0.1, -0.05) is 70.2 Å². The number of hydrogen-bond donors (Lipinski definition) is 0. The van der Waals surface area contributed by atoms with Crippen LogP contribution in [0.3, 0.4) is 0 Å². The smallest absolute Gasteiger partial charge is 0.252 e. The standard InChI is InChI=1S/C13H17ClO.C12H15ClO/c1-2-3-4-5-6-11-7-9-12(10-8-11)13(14)15;1-2-3-4-5-10-6-8-11(9-7-10)12(13)14/h7-10H,2-6H2,1H3;6-9H,2-5H2,1H3. The van der Waals surface area contributed by atoms with Crippen LogP contribution in [0.2, 0.25) is 0 Å². The Balaban J connectivity index is 0.000000291. The van der Waals surface area contributed by atoms with E-state index in [4.69, 9.17) is 23.2 Å². The second-order valence-electron chi connectivity index (χ2n) is 7.21. The molecule has 0 atom stereocenters. The van der Waals surface area contributed by atoms with E-state index >= 15 is 0 Å². The summed E-state index contributed by atoms with van der Waals surface area (Å²) < 4.78 is 0. The lowest BCUT2D eigenvalue weighted by Gasteiger charge is -2.01. The lowest BCUT2D eigenvalue weighted by Crippen LogP contribution is -1.90. The van der Waals surface area contributed by atoms with Crippen LogP contribution in [0.1, 0.15) is 90.6 Å². The molecule has 2 aromatic carbocycles. The SMILES string of the molecule is CCCCCCc1ccc(C(=O)Cl)cc1.CCCCCc1ccc(C(=O)Cl)cc1. The molecule has 0 fully saturated rings. The highest BCUT2D eigenvalue weighted by molar-refractivity contribution is 6.68. The Morgan fingerprint density at radius 2 is 0.931 bits per heavy atom. The van der Waals surface area contributed by atoms with Crippen molar-refractivity contribution in [2.75, 3.05) is 0 Å². The lowest BCUT2D eigenvalue weighted by atomic mass is 10.1. The predicted molar refractivity (Wildman–Crippen MR) is 124 cm³/mol. The molecule has 0 N–H and O–H groups in total. The van der Waals surface area contributed by atoms with Crippen LogP contribution in [0.25, 0.3) is 0 Å². The second kappa shape index (κ2) is 15.2. The largest absolute Gasteiger partial charge is 0.276 e. The first kappa shape index (κ1) is 25.4. The number of unbranched alkanes of at least 4 members (excludes halogenated alkanes) is 5. The van der Waals surface area contributed by atoms with Crippen molar-refractivity contribution in [3.8, 4) is 0 Å². The number of carbonyl (C=O) groups excluding carboxylic acids is 2. The van der Waals surface area contributed by atoms with E-state index in [-0.39, 0.29) is 10.5 Å². The van der Waals surface area contributed by atoms with Gasteiger partial charge in [-0.2, -0.15) is 0 Å². The zero-order valence-electron chi connectivity index (χ0n) is 17.6. The first-order chi connectivity index (χ1) is 14.0. The monoisotopic (exact) mass is 434 g/mol. The molecule has 2 aromatic rings. The van der Waals surface area contributed by atoms with Gasteiger partial charge in [0.1, 0.15) is 0 Å². The second-order valence-corrected chi connectivity index (χ2v) is 7.90. The summed E-state index contributed by atoms with van der Waals surface area (Å²) in [4.78, 5) is 21.6. The van der Waals surface area contributed by atoms with Crippen LogP contribution in [0, 0.1) is 0 Å². The molecule has 0 saturated carbocycles. The Hall–Kier alpha value is -1.64. The Kier molecular flexibility index (Phi) is 13.3. The average Bonchev–Trinajstić information content (AvgIpc) is 2.72. The van der Waals surface area contributed by atoms with Crippen LogP contribution < -0.4 is 0 Å². The Morgan fingerprint density at radius 1 is 0.586 bits per heavy atom. The molecular formula is C25H32Cl2O2. The Bertz CT molecular complexity index is 721. The van der Waals surface area contributed by atoms with Gasteiger partial charge in [-0.15, -0.1) is 0 Å². The van der Waals surface area contributed by atoms with Gasteiger partial charge in [0.25, 0.3) is 10.5 Å². The average molecular weight is 435 g/mol. The van der Waals surface area contributed by atoms with Crippen LogP contribution >= 0.6 is 23.2 Å². The summed E-state index contributed by atoms with van der Waals surface area (Å²) in [7, 11) is 0. The van der Waals surface area contributed by atoms with Gasteiger partial charge in [-0.25, -0.2) is 0 Å². The molecule has 0 spiro atoms. The van der Waals surface area contributed by atoms with Gasteiger partial charge in [-0.3, -0.25) is 9.59 Å². The molecule has 0 bridgehead atoms. The molecule has 158 valence electrons. The van der Waals surface area contributed by atoms with Gasteiger partial charge in [0.05, 0.1) is 0 Å². The molecule has 2 nitrogen and oxygen atoms in total. The molecular weight excluding hydrogens is 403 g/mol. The fourth-order valence-electron chi connectivity index (χ4n) is 2.94. The quantitative estimate of drug-likeness (QED) is 0.265. The molecule has 0 heterocycles. The third-order valence-corrected chi connectivity index (χ3v) is 5.19. The van der Waals surface area contributed by atoms with Crippen molar-refractivity contribution in [3.05, 3.63) is 70.8 Å². The van der Waals surface area contributed by atoms with Crippen LogP contribution in [-0.2, 0) is 12.8 Å². The van der Waals surface area contributed by atoms with E-state index in [9.17, 15) is 9.59 Å². The normalized spacial score (nSPS) is 10.2. The fraction of sp³-hybridized carbons (Fsp3) is 0.440. The Morgan fingerprint density at radius 3 is 1.28 bits per heavy atom. The third-order valence-electron chi connectivity index (χ3n) is 4.75. The van der Waals surface area contributed by atoms with Crippen molar-refractivity contribution in [3.63, 3.8) is 0 Å². The van der Waals surface area contributed by atoms with E-state index in [0.29, 0.717) is 11.1 Å². The van der Waals surface area contributed by atoms with Gasteiger partial charge in [0, 0.05) is 11.1 Å². The van der Waals surface area contributed by atoms with Crippen molar-refractivity contribution in [1.29, 1.82) is 0 Å². The number of benzene rings is 2. The van der Waals surface area contributed by atoms with E-state index < -0.39 is 0 Å². The summed E-state index contributed by atoms with van der Waals surface area (Å²) in [5.41, 5.74) is 3.72. The number of halogens is 2. The minimum atomic E-state index is -0.384.